The molecule has 2 heteroatoms. The van der Waals surface area contributed by atoms with Crippen molar-refractivity contribution in [1.82, 2.24) is 5.32 Å². The van der Waals surface area contributed by atoms with E-state index in [4.69, 9.17) is 0 Å². The van der Waals surface area contributed by atoms with Crippen molar-refractivity contribution >= 4 is 11.3 Å². The molecule has 0 aliphatic carbocycles. The van der Waals surface area contributed by atoms with Crippen molar-refractivity contribution in [2.45, 2.75) is 39.2 Å². The molecule has 0 aliphatic heterocycles. The van der Waals surface area contributed by atoms with Crippen LogP contribution in [0.4, 0.5) is 0 Å². The lowest BCUT2D eigenvalue weighted by molar-refractivity contribution is 0.516. The molecule has 0 bridgehead atoms. The number of hydrogen-bond acceptors (Lipinski definition) is 2. The summed E-state index contributed by atoms with van der Waals surface area (Å²) in [7, 11) is 2.03. The highest BCUT2D eigenvalue weighted by Crippen LogP contribution is 2.27. The van der Waals surface area contributed by atoms with Crippen molar-refractivity contribution in [2.24, 2.45) is 0 Å². The van der Waals surface area contributed by atoms with E-state index >= 15 is 0 Å². The number of nitrogens with one attached hydrogen (secondary N) is 1. The van der Waals surface area contributed by atoms with Crippen LogP contribution in [-0.4, -0.2) is 13.1 Å². The molecule has 0 aliphatic rings. The Bertz CT molecular complexity index is 254. The van der Waals surface area contributed by atoms with Gasteiger partial charge in [-0.15, -0.1) is 11.3 Å². The van der Waals surface area contributed by atoms with Crippen LogP contribution in [0.3, 0.4) is 0 Å². The normalized spacial score (nSPS) is 15.7. The summed E-state index contributed by atoms with van der Waals surface area (Å²) in [5.74, 6) is 0.675. The van der Waals surface area contributed by atoms with Crippen LogP contribution in [0.15, 0.2) is 11.4 Å². The SMILES string of the molecule is CNC(C)CC(C)c1ccsc1C. The summed E-state index contributed by atoms with van der Waals surface area (Å²) in [6.45, 7) is 6.75. The smallest absolute Gasteiger partial charge is 0.00489 e. The van der Waals surface area contributed by atoms with Gasteiger partial charge >= 0.3 is 0 Å². The minimum absolute atomic E-state index is 0.606. The van der Waals surface area contributed by atoms with Gasteiger partial charge in [-0.05, 0) is 50.2 Å². The zero-order valence-corrected chi connectivity index (χ0v) is 9.74. The zero-order valence-electron chi connectivity index (χ0n) is 8.92. The second-order valence-electron chi connectivity index (χ2n) is 3.76. The van der Waals surface area contributed by atoms with Crippen LogP contribution >= 0.6 is 11.3 Å². The highest BCUT2D eigenvalue weighted by Gasteiger charge is 2.11. The van der Waals surface area contributed by atoms with Gasteiger partial charge < -0.3 is 5.32 Å². The lowest BCUT2D eigenvalue weighted by Gasteiger charge is -2.16. The Labute approximate surface area is 85.2 Å². The third kappa shape index (κ3) is 2.82. The van der Waals surface area contributed by atoms with Crippen molar-refractivity contribution in [3.63, 3.8) is 0 Å². The molecule has 1 heterocycles. The maximum atomic E-state index is 3.28. The van der Waals surface area contributed by atoms with Crippen LogP contribution in [-0.2, 0) is 0 Å². The van der Waals surface area contributed by atoms with Gasteiger partial charge in [0.25, 0.3) is 0 Å². The fourth-order valence-corrected chi connectivity index (χ4v) is 2.51. The molecule has 1 rings (SSSR count). The third-order valence-electron chi connectivity index (χ3n) is 2.63. The van der Waals surface area contributed by atoms with E-state index in [-0.39, 0.29) is 0 Å². The predicted molar refractivity (Wildman–Crippen MR) is 60.6 cm³/mol. The molecule has 0 radical (unpaired) electrons. The average molecular weight is 197 g/mol. The first kappa shape index (κ1) is 10.7. The molecule has 0 spiro atoms. The summed E-state index contributed by atoms with van der Waals surface area (Å²) in [5.41, 5.74) is 1.52. The van der Waals surface area contributed by atoms with Gasteiger partial charge in [0.15, 0.2) is 0 Å². The molecule has 0 saturated heterocycles. The molecule has 1 N–H and O–H groups in total. The first-order valence-electron chi connectivity index (χ1n) is 4.86. The van der Waals surface area contributed by atoms with Crippen molar-refractivity contribution in [3.05, 3.63) is 21.9 Å². The topological polar surface area (TPSA) is 12.0 Å². The first-order valence-corrected chi connectivity index (χ1v) is 5.74. The summed E-state index contributed by atoms with van der Waals surface area (Å²) in [4.78, 5) is 1.47. The van der Waals surface area contributed by atoms with Crippen LogP contribution in [0.5, 0.6) is 0 Å². The van der Waals surface area contributed by atoms with Gasteiger partial charge in [-0.3, -0.25) is 0 Å². The van der Waals surface area contributed by atoms with Crippen LogP contribution in [0, 0.1) is 6.92 Å². The molecule has 2 atom stereocenters. The minimum atomic E-state index is 0.606. The van der Waals surface area contributed by atoms with E-state index < -0.39 is 0 Å². The summed E-state index contributed by atoms with van der Waals surface area (Å²) in [5, 5.41) is 5.47. The quantitative estimate of drug-likeness (QED) is 0.782. The second-order valence-corrected chi connectivity index (χ2v) is 4.88. The van der Waals surface area contributed by atoms with Crippen LogP contribution < -0.4 is 5.32 Å². The number of aryl methyl sites for hydroxylation is 1. The van der Waals surface area contributed by atoms with Gasteiger partial charge in [0.2, 0.25) is 0 Å². The number of hydrogen-bond donors (Lipinski definition) is 1. The summed E-state index contributed by atoms with van der Waals surface area (Å²) < 4.78 is 0. The van der Waals surface area contributed by atoms with E-state index in [2.05, 4.69) is 37.5 Å². The Morgan fingerprint density at radius 2 is 2.15 bits per heavy atom. The Kier molecular flexibility index (Phi) is 3.94. The molecule has 74 valence electrons. The Morgan fingerprint density at radius 1 is 1.46 bits per heavy atom. The van der Waals surface area contributed by atoms with Gasteiger partial charge in [0.1, 0.15) is 0 Å². The van der Waals surface area contributed by atoms with Gasteiger partial charge in [-0.2, -0.15) is 0 Å². The Balaban J connectivity index is 2.58. The predicted octanol–water partition coefficient (Wildman–Crippen LogP) is 3.16. The molecule has 0 aromatic carbocycles. The molecule has 1 aromatic rings. The fourth-order valence-electron chi connectivity index (χ4n) is 1.68. The van der Waals surface area contributed by atoms with E-state index in [1.165, 1.54) is 16.9 Å². The van der Waals surface area contributed by atoms with E-state index in [1.807, 2.05) is 18.4 Å². The number of rotatable bonds is 4. The maximum Gasteiger partial charge on any atom is 0.00489 e. The molecule has 0 saturated carbocycles. The Morgan fingerprint density at radius 3 is 2.62 bits per heavy atom. The molecule has 1 aromatic heterocycles. The zero-order chi connectivity index (χ0) is 9.84. The molecule has 13 heavy (non-hydrogen) atoms. The van der Waals surface area contributed by atoms with E-state index in [1.54, 1.807) is 0 Å². The van der Waals surface area contributed by atoms with E-state index in [9.17, 15) is 0 Å². The van der Waals surface area contributed by atoms with Crippen LogP contribution in [0.1, 0.15) is 36.6 Å². The standard InChI is InChI=1S/C11H19NS/c1-8(7-9(2)12-4)11-5-6-13-10(11)3/h5-6,8-9,12H,7H2,1-4H3. The van der Waals surface area contributed by atoms with E-state index in [0.29, 0.717) is 12.0 Å². The lowest BCUT2D eigenvalue weighted by Crippen LogP contribution is -2.22. The number of thiophene rings is 1. The van der Waals surface area contributed by atoms with Gasteiger partial charge in [0.05, 0.1) is 0 Å². The van der Waals surface area contributed by atoms with Crippen LogP contribution in [0.2, 0.25) is 0 Å². The summed E-state index contributed by atoms with van der Waals surface area (Å²) in [6, 6.07) is 2.86. The summed E-state index contributed by atoms with van der Waals surface area (Å²) >= 11 is 1.85. The molecular weight excluding hydrogens is 178 g/mol. The highest BCUT2D eigenvalue weighted by molar-refractivity contribution is 7.10. The van der Waals surface area contributed by atoms with Gasteiger partial charge in [-0.25, -0.2) is 0 Å². The summed E-state index contributed by atoms with van der Waals surface area (Å²) in [6.07, 6.45) is 1.22. The van der Waals surface area contributed by atoms with E-state index in [0.717, 1.165) is 0 Å². The molecule has 1 nitrogen and oxygen atoms in total. The highest BCUT2D eigenvalue weighted by atomic mass is 32.1. The van der Waals surface area contributed by atoms with Crippen molar-refractivity contribution < 1.29 is 0 Å². The average Bonchev–Trinajstić information content (AvgIpc) is 2.51. The van der Waals surface area contributed by atoms with Crippen molar-refractivity contribution in [1.29, 1.82) is 0 Å². The lowest BCUT2D eigenvalue weighted by atomic mass is 9.95. The van der Waals surface area contributed by atoms with Crippen molar-refractivity contribution in [3.8, 4) is 0 Å². The molecule has 2 unspecified atom stereocenters. The van der Waals surface area contributed by atoms with Crippen LogP contribution in [0.25, 0.3) is 0 Å². The van der Waals surface area contributed by atoms with Gasteiger partial charge in [-0.1, -0.05) is 6.92 Å². The largest absolute Gasteiger partial charge is 0.317 e. The van der Waals surface area contributed by atoms with Gasteiger partial charge in [0, 0.05) is 10.9 Å². The minimum Gasteiger partial charge on any atom is -0.317 e. The Hall–Kier alpha value is -0.340. The molecular formula is C11H19NS. The second kappa shape index (κ2) is 4.77. The monoisotopic (exact) mass is 197 g/mol. The van der Waals surface area contributed by atoms with Crippen molar-refractivity contribution in [2.75, 3.05) is 7.05 Å². The molecule has 0 fully saturated rings. The third-order valence-corrected chi connectivity index (χ3v) is 3.49. The first-order chi connectivity index (χ1) is 6.15. The molecule has 0 amide bonds. The fraction of sp³-hybridized carbons (Fsp3) is 0.636. The maximum absolute atomic E-state index is 3.28.